The van der Waals surface area contributed by atoms with Gasteiger partial charge in [-0.3, -0.25) is 4.90 Å². The standard InChI is InChI=1S/C6H14INO/c1-3-8(6-7)4-5-9-2/h3-6H2,1-2H3. The smallest absolute Gasteiger partial charge is 0.0589 e. The van der Waals surface area contributed by atoms with Gasteiger partial charge in [0, 0.05) is 13.7 Å². The summed E-state index contributed by atoms with van der Waals surface area (Å²) >= 11 is 2.36. The molecule has 0 heterocycles. The van der Waals surface area contributed by atoms with Gasteiger partial charge in [0.25, 0.3) is 0 Å². The second kappa shape index (κ2) is 6.77. The maximum atomic E-state index is 4.93. The summed E-state index contributed by atoms with van der Waals surface area (Å²) < 4.78 is 6.03. The van der Waals surface area contributed by atoms with Gasteiger partial charge < -0.3 is 4.74 Å². The maximum absolute atomic E-state index is 4.93. The number of nitrogens with zero attached hydrogens (tertiary/aromatic N) is 1. The molecule has 0 bridgehead atoms. The van der Waals surface area contributed by atoms with E-state index in [1.54, 1.807) is 7.11 Å². The van der Waals surface area contributed by atoms with E-state index in [1.807, 2.05) is 0 Å². The number of likely N-dealkylation sites (N-methyl/N-ethyl adjacent to an activating group) is 1. The minimum absolute atomic E-state index is 0.844. The highest BCUT2D eigenvalue weighted by Crippen LogP contribution is 1.91. The van der Waals surface area contributed by atoms with Crippen molar-refractivity contribution < 1.29 is 4.74 Å². The van der Waals surface area contributed by atoms with E-state index in [1.165, 1.54) is 0 Å². The van der Waals surface area contributed by atoms with Crippen LogP contribution in [0.5, 0.6) is 0 Å². The third-order valence-electron chi connectivity index (χ3n) is 1.23. The first-order valence-corrected chi connectivity index (χ1v) is 4.65. The van der Waals surface area contributed by atoms with Gasteiger partial charge in [0.2, 0.25) is 0 Å². The zero-order valence-corrected chi connectivity index (χ0v) is 8.22. The van der Waals surface area contributed by atoms with Gasteiger partial charge in [-0.15, -0.1) is 0 Å². The van der Waals surface area contributed by atoms with Gasteiger partial charge in [-0.25, -0.2) is 0 Å². The second-order valence-corrected chi connectivity index (χ2v) is 2.51. The van der Waals surface area contributed by atoms with Crippen molar-refractivity contribution in [2.75, 3.05) is 31.4 Å². The Morgan fingerprint density at radius 2 is 2.22 bits per heavy atom. The third kappa shape index (κ3) is 5.11. The van der Waals surface area contributed by atoms with E-state index in [9.17, 15) is 0 Å². The van der Waals surface area contributed by atoms with E-state index in [2.05, 4.69) is 34.4 Å². The quantitative estimate of drug-likeness (QED) is 0.410. The van der Waals surface area contributed by atoms with Crippen LogP contribution in [-0.2, 0) is 4.74 Å². The van der Waals surface area contributed by atoms with Crippen LogP contribution in [0.4, 0.5) is 0 Å². The highest BCUT2D eigenvalue weighted by atomic mass is 127. The van der Waals surface area contributed by atoms with E-state index >= 15 is 0 Å². The molecule has 56 valence electrons. The van der Waals surface area contributed by atoms with Crippen LogP contribution < -0.4 is 0 Å². The van der Waals surface area contributed by atoms with Crippen molar-refractivity contribution in [3.05, 3.63) is 0 Å². The molecule has 0 radical (unpaired) electrons. The molecular formula is C6H14INO. The average Bonchev–Trinajstić information content (AvgIpc) is 1.91. The molecule has 0 aromatic carbocycles. The molecule has 0 aliphatic carbocycles. The zero-order chi connectivity index (χ0) is 7.11. The van der Waals surface area contributed by atoms with Crippen LogP contribution in [0, 0.1) is 0 Å². The summed E-state index contributed by atoms with van der Waals surface area (Å²) in [7, 11) is 1.74. The Bertz CT molecular complexity index is 57.0. The highest BCUT2D eigenvalue weighted by Gasteiger charge is 1.96. The summed E-state index contributed by atoms with van der Waals surface area (Å²) in [6.45, 7) is 5.17. The van der Waals surface area contributed by atoms with E-state index in [0.29, 0.717) is 0 Å². The zero-order valence-electron chi connectivity index (χ0n) is 6.06. The van der Waals surface area contributed by atoms with Crippen LogP contribution in [0.15, 0.2) is 0 Å². The molecule has 3 heteroatoms. The number of ether oxygens (including phenoxy) is 1. The molecule has 9 heavy (non-hydrogen) atoms. The number of hydrogen-bond donors (Lipinski definition) is 0. The predicted molar refractivity (Wildman–Crippen MR) is 48.0 cm³/mol. The van der Waals surface area contributed by atoms with Gasteiger partial charge in [-0.05, 0) is 6.54 Å². The molecule has 0 aromatic heterocycles. The predicted octanol–water partition coefficient (Wildman–Crippen LogP) is 1.35. The van der Waals surface area contributed by atoms with Crippen LogP contribution in [0.3, 0.4) is 0 Å². The van der Waals surface area contributed by atoms with Crippen molar-refractivity contribution >= 4 is 22.6 Å². The molecule has 0 rings (SSSR count). The van der Waals surface area contributed by atoms with Crippen molar-refractivity contribution in [1.29, 1.82) is 0 Å². The Morgan fingerprint density at radius 1 is 1.56 bits per heavy atom. The van der Waals surface area contributed by atoms with Crippen molar-refractivity contribution in [3.8, 4) is 0 Å². The van der Waals surface area contributed by atoms with Crippen molar-refractivity contribution in [2.24, 2.45) is 0 Å². The van der Waals surface area contributed by atoms with Gasteiger partial charge in [-0.2, -0.15) is 0 Å². The number of halogens is 1. The second-order valence-electron chi connectivity index (χ2n) is 1.82. The summed E-state index contributed by atoms with van der Waals surface area (Å²) in [5.74, 6) is 0. The van der Waals surface area contributed by atoms with Crippen LogP contribution in [0.2, 0.25) is 0 Å². The van der Waals surface area contributed by atoms with Gasteiger partial charge in [0.1, 0.15) is 0 Å². The van der Waals surface area contributed by atoms with Crippen molar-refractivity contribution in [2.45, 2.75) is 6.92 Å². The molecule has 2 nitrogen and oxygen atoms in total. The van der Waals surface area contributed by atoms with Gasteiger partial charge in [-0.1, -0.05) is 29.5 Å². The van der Waals surface area contributed by atoms with Crippen LogP contribution in [-0.4, -0.2) is 36.3 Å². The Kier molecular flexibility index (Phi) is 7.25. The highest BCUT2D eigenvalue weighted by molar-refractivity contribution is 14.1. The van der Waals surface area contributed by atoms with Crippen molar-refractivity contribution in [1.82, 2.24) is 4.90 Å². The molecule has 0 saturated heterocycles. The molecular weight excluding hydrogens is 229 g/mol. The molecule has 0 aromatic rings. The Hall–Kier alpha value is 0.650. The van der Waals surface area contributed by atoms with E-state index in [-0.39, 0.29) is 0 Å². The van der Waals surface area contributed by atoms with E-state index in [4.69, 9.17) is 4.74 Å². The molecule has 0 aliphatic rings. The topological polar surface area (TPSA) is 12.5 Å². The molecule has 0 N–H and O–H groups in total. The van der Waals surface area contributed by atoms with Crippen LogP contribution >= 0.6 is 22.6 Å². The third-order valence-corrected chi connectivity index (χ3v) is 2.19. The number of methoxy groups -OCH3 is 1. The lowest BCUT2D eigenvalue weighted by Gasteiger charge is -2.15. The lowest BCUT2D eigenvalue weighted by Crippen LogP contribution is -2.25. The molecule has 0 spiro atoms. The fraction of sp³-hybridized carbons (Fsp3) is 1.00. The normalized spacial score (nSPS) is 10.7. The Labute approximate surface area is 70.7 Å². The summed E-state index contributed by atoms with van der Waals surface area (Å²) in [5.41, 5.74) is 0. The van der Waals surface area contributed by atoms with Gasteiger partial charge in [0.15, 0.2) is 0 Å². The average molecular weight is 243 g/mol. The Morgan fingerprint density at radius 3 is 2.56 bits per heavy atom. The minimum Gasteiger partial charge on any atom is -0.383 e. The molecule has 0 atom stereocenters. The SMILES string of the molecule is CCN(CI)CCOC. The maximum Gasteiger partial charge on any atom is 0.0589 e. The Balaban J connectivity index is 3.09. The lowest BCUT2D eigenvalue weighted by molar-refractivity contribution is 0.162. The van der Waals surface area contributed by atoms with Crippen molar-refractivity contribution in [3.63, 3.8) is 0 Å². The number of rotatable bonds is 5. The first-order valence-electron chi connectivity index (χ1n) is 3.12. The first-order chi connectivity index (χ1) is 4.35. The van der Waals surface area contributed by atoms with Crippen LogP contribution in [0.1, 0.15) is 6.92 Å². The fourth-order valence-electron chi connectivity index (χ4n) is 0.523. The summed E-state index contributed by atoms with van der Waals surface area (Å²) in [4.78, 5) is 2.32. The summed E-state index contributed by atoms with van der Waals surface area (Å²) in [6.07, 6.45) is 0. The van der Waals surface area contributed by atoms with Crippen LogP contribution in [0.25, 0.3) is 0 Å². The molecule has 0 amide bonds. The molecule has 0 saturated carbocycles. The largest absolute Gasteiger partial charge is 0.383 e. The minimum atomic E-state index is 0.844. The number of hydrogen-bond acceptors (Lipinski definition) is 2. The molecule has 0 fully saturated rings. The van der Waals surface area contributed by atoms with E-state index < -0.39 is 0 Å². The first kappa shape index (κ1) is 9.65. The fourth-order valence-corrected chi connectivity index (χ4v) is 1.35. The van der Waals surface area contributed by atoms with Gasteiger partial charge in [0.05, 0.1) is 11.2 Å². The van der Waals surface area contributed by atoms with Gasteiger partial charge >= 0.3 is 0 Å². The van der Waals surface area contributed by atoms with E-state index in [0.717, 1.165) is 24.2 Å². The molecule has 0 unspecified atom stereocenters. The summed E-state index contributed by atoms with van der Waals surface area (Å²) in [5, 5.41) is 0. The number of alkyl halides is 1. The summed E-state index contributed by atoms with van der Waals surface area (Å²) in [6, 6.07) is 0. The monoisotopic (exact) mass is 243 g/mol. The lowest BCUT2D eigenvalue weighted by atomic mass is 10.5. The molecule has 0 aliphatic heterocycles.